The number of fused-ring (bicyclic) bond motifs is 5. The van der Waals surface area contributed by atoms with Crippen molar-refractivity contribution in [3.63, 3.8) is 0 Å². The summed E-state index contributed by atoms with van der Waals surface area (Å²) in [5.41, 5.74) is 5.36. The van der Waals surface area contributed by atoms with Crippen LogP contribution in [0.2, 0.25) is 0 Å². The van der Waals surface area contributed by atoms with Crippen molar-refractivity contribution in [2.75, 3.05) is 0 Å². The molecule has 0 amide bonds. The molecule has 0 bridgehead atoms. The summed E-state index contributed by atoms with van der Waals surface area (Å²) in [4.78, 5) is 13.1. The third-order valence-electron chi connectivity index (χ3n) is 8.48. The lowest BCUT2D eigenvalue weighted by Gasteiger charge is -2.50. The number of hydrogen-bond acceptors (Lipinski definition) is 2. The molecule has 152 valence electrons. The van der Waals surface area contributed by atoms with Crippen LogP contribution in [0.5, 0.6) is 5.75 Å². The second-order valence-corrected chi connectivity index (χ2v) is 10.1. The third-order valence-corrected chi connectivity index (χ3v) is 8.48. The van der Waals surface area contributed by atoms with E-state index in [1.807, 2.05) is 12.1 Å². The number of phenolic OH excluding ortho intramolecular Hbond substituents is 1. The van der Waals surface area contributed by atoms with Gasteiger partial charge in [0.25, 0.3) is 0 Å². The Morgan fingerprint density at radius 2 is 1.90 bits per heavy atom. The first-order valence-corrected chi connectivity index (χ1v) is 11.4. The molecule has 2 saturated carbocycles. The van der Waals surface area contributed by atoms with E-state index in [1.54, 1.807) is 0 Å². The first-order valence-electron chi connectivity index (χ1n) is 11.4. The van der Waals surface area contributed by atoms with Gasteiger partial charge in [-0.25, -0.2) is 0 Å². The highest BCUT2D eigenvalue weighted by atomic mass is 16.3. The average molecular weight is 389 g/mol. The van der Waals surface area contributed by atoms with Gasteiger partial charge in [0.2, 0.25) is 0 Å². The fourth-order valence-corrected chi connectivity index (χ4v) is 7.00. The Kier molecular flexibility index (Phi) is 4.57. The Labute approximate surface area is 174 Å². The molecule has 2 aromatic rings. The fourth-order valence-electron chi connectivity index (χ4n) is 7.00. The highest BCUT2D eigenvalue weighted by Gasteiger charge is 2.58. The number of carbonyl (C=O) groups excluding carboxylic acids is 1. The number of aryl methyl sites for hydroxylation is 3. The summed E-state index contributed by atoms with van der Waals surface area (Å²) in [5, 5.41) is 9.90. The lowest BCUT2D eigenvalue weighted by molar-refractivity contribution is -0.129. The number of rotatable bonds is 3. The van der Waals surface area contributed by atoms with E-state index in [2.05, 4.69) is 44.2 Å². The zero-order chi connectivity index (χ0) is 20.2. The molecule has 3 aliphatic carbocycles. The molecule has 2 heteroatoms. The summed E-state index contributed by atoms with van der Waals surface area (Å²) in [6, 6.07) is 14.9. The minimum atomic E-state index is -0.118. The Balaban J connectivity index is 1.41. The number of hydrogen-bond donors (Lipinski definition) is 1. The van der Waals surface area contributed by atoms with Gasteiger partial charge < -0.3 is 5.11 Å². The van der Waals surface area contributed by atoms with Crippen LogP contribution in [0.4, 0.5) is 0 Å². The van der Waals surface area contributed by atoms with Crippen LogP contribution < -0.4 is 0 Å². The SMILES string of the molecule is Cc1ccc(CC[C@@H]2CC(=O)[C@@]3(C)CC[C@@H]4c5ccc(O)cc5CCC4[C@H]23)cc1. The molecule has 0 radical (unpaired) electrons. The first kappa shape index (κ1) is 18.9. The summed E-state index contributed by atoms with van der Waals surface area (Å²) in [7, 11) is 0. The van der Waals surface area contributed by atoms with Crippen LogP contribution in [0.1, 0.15) is 67.2 Å². The molecule has 2 fully saturated rings. The van der Waals surface area contributed by atoms with Crippen LogP contribution in [0.25, 0.3) is 0 Å². The maximum absolute atomic E-state index is 13.1. The van der Waals surface area contributed by atoms with Crippen molar-refractivity contribution < 1.29 is 9.90 Å². The van der Waals surface area contributed by atoms with E-state index in [-0.39, 0.29) is 5.41 Å². The van der Waals surface area contributed by atoms with Gasteiger partial charge in [-0.05, 0) is 97.9 Å². The van der Waals surface area contributed by atoms with Gasteiger partial charge in [0.1, 0.15) is 11.5 Å². The summed E-state index contributed by atoms with van der Waals surface area (Å²) >= 11 is 0. The summed E-state index contributed by atoms with van der Waals surface area (Å²) in [6.45, 7) is 4.40. The van der Waals surface area contributed by atoms with Crippen molar-refractivity contribution in [1.29, 1.82) is 0 Å². The topological polar surface area (TPSA) is 37.3 Å². The minimum Gasteiger partial charge on any atom is -0.508 e. The number of Topliss-reactive ketones (excluding diaryl/α,β-unsaturated/α-hetero) is 1. The smallest absolute Gasteiger partial charge is 0.139 e. The van der Waals surface area contributed by atoms with Gasteiger partial charge in [-0.1, -0.05) is 42.8 Å². The molecular weight excluding hydrogens is 356 g/mol. The van der Waals surface area contributed by atoms with Crippen LogP contribution in [0.3, 0.4) is 0 Å². The number of carbonyl (C=O) groups is 1. The van der Waals surface area contributed by atoms with E-state index in [4.69, 9.17) is 0 Å². The van der Waals surface area contributed by atoms with Gasteiger partial charge >= 0.3 is 0 Å². The number of aromatic hydroxyl groups is 1. The van der Waals surface area contributed by atoms with Crippen molar-refractivity contribution in [3.05, 3.63) is 64.7 Å². The molecule has 0 saturated heterocycles. The predicted octanol–water partition coefficient (Wildman–Crippen LogP) is 5.98. The van der Waals surface area contributed by atoms with Crippen LogP contribution in [-0.2, 0) is 17.6 Å². The summed E-state index contributed by atoms with van der Waals surface area (Å²) in [6.07, 6.45) is 7.32. The second kappa shape index (κ2) is 7.00. The van der Waals surface area contributed by atoms with Crippen molar-refractivity contribution in [1.82, 2.24) is 0 Å². The van der Waals surface area contributed by atoms with Gasteiger partial charge in [-0.15, -0.1) is 0 Å². The second-order valence-electron chi connectivity index (χ2n) is 10.1. The maximum Gasteiger partial charge on any atom is 0.139 e. The van der Waals surface area contributed by atoms with E-state index in [0.717, 1.165) is 44.9 Å². The van der Waals surface area contributed by atoms with Crippen LogP contribution in [-0.4, -0.2) is 10.9 Å². The highest BCUT2D eigenvalue weighted by molar-refractivity contribution is 5.87. The fraction of sp³-hybridized carbons (Fsp3) is 0.519. The van der Waals surface area contributed by atoms with Crippen LogP contribution >= 0.6 is 0 Å². The van der Waals surface area contributed by atoms with Crippen molar-refractivity contribution in [3.8, 4) is 5.75 Å². The Morgan fingerprint density at radius 3 is 2.69 bits per heavy atom. The van der Waals surface area contributed by atoms with Crippen LogP contribution in [0.15, 0.2) is 42.5 Å². The lowest BCUT2D eigenvalue weighted by Crippen LogP contribution is -2.44. The molecule has 29 heavy (non-hydrogen) atoms. The molecule has 5 atom stereocenters. The van der Waals surface area contributed by atoms with Crippen molar-refractivity contribution in [2.24, 2.45) is 23.2 Å². The lowest BCUT2D eigenvalue weighted by atomic mass is 9.54. The molecule has 5 rings (SSSR count). The molecule has 1 unspecified atom stereocenters. The molecule has 0 aliphatic heterocycles. The molecule has 0 spiro atoms. The molecule has 3 aliphatic rings. The summed E-state index contributed by atoms with van der Waals surface area (Å²) in [5.74, 6) is 3.10. The normalized spacial score (nSPS) is 33.1. The van der Waals surface area contributed by atoms with Crippen LogP contribution in [0, 0.1) is 30.1 Å². The maximum atomic E-state index is 13.1. The van der Waals surface area contributed by atoms with E-state index in [1.165, 1.54) is 22.3 Å². The van der Waals surface area contributed by atoms with E-state index in [0.29, 0.717) is 35.2 Å². The molecule has 2 nitrogen and oxygen atoms in total. The first-order chi connectivity index (χ1) is 14.0. The monoisotopic (exact) mass is 388 g/mol. The average Bonchev–Trinajstić information content (AvgIpc) is 2.97. The predicted molar refractivity (Wildman–Crippen MR) is 116 cm³/mol. The number of ketones is 1. The zero-order valence-electron chi connectivity index (χ0n) is 17.7. The number of phenols is 1. The van der Waals surface area contributed by atoms with Gasteiger partial charge in [0.05, 0.1) is 0 Å². The standard InChI is InChI=1S/C27H32O2/c1-17-3-5-18(6-4-17)7-8-20-16-25(29)27(2)14-13-23-22-12-10-21(28)15-19(22)9-11-24(23)26(20)27/h3-6,10,12,15,20,23-24,26,28H,7-9,11,13-14,16H2,1-2H3/t20-,23-,24?,26+,27-/m1/s1. The minimum absolute atomic E-state index is 0.118. The largest absolute Gasteiger partial charge is 0.508 e. The van der Waals surface area contributed by atoms with E-state index in [9.17, 15) is 9.90 Å². The Hall–Kier alpha value is -2.09. The molecule has 2 aromatic carbocycles. The van der Waals surface area contributed by atoms with Gasteiger partial charge in [-0.3, -0.25) is 4.79 Å². The Morgan fingerprint density at radius 1 is 1.10 bits per heavy atom. The zero-order valence-corrected chi connectivity index (χ0v) is 17.7. The molecule has 1 N–H and O–H groups in total. The van der Waals surface area contributed by atoms with E-state index >= 15 is 0 Å². The Bertz CT molecular complexity index is 928. The molecular formula is C27H32O2. The highest BCUT2D eigenvalue weighted by Crippen LogP contribution is 2.62. The number of benzene rings is 2. The van der Waals surface area contributed by atoms with Gasteiger partial charge in [0.15, 0.2) is 0 Å². The summed E-state index contributed by atoms with van der Waals surface area (Å²) < 4.78 is 0. The van der Waals surface area contributed by atoms with Crippen molar-refractivity contribution in [2.45, 2.75) is 64.7 Å². The van der Waals surface area contributed by atoms with Crippen molar-refractivity contribution >= 4 is 5.78 Å². The van der Waals surface area contributed by atoms with Gasteiger partial charge in [-0.2, -0.15) is 0 Å². The third kappa shape index (κ3) is 3.12. The van der Waals surface area contributed by atoms with E-state index < -0.39 is 0 Å². The quantitative estimate of drug-likeness (QED) is 0.702. The molecule has 0 aromatic heterocycles. The molecule has 0 heterocycles. The van der Waals surface area contributed by atoms with Gasteiger partial charge in [0, 0.05) is 11.8 Å².